The first-order valence-electron chi connectivity index (χ1n) is 9.76. The minimum atomic E-state index is -3.40. The van der Waals surface area contributed by atoms with E-state index in [2.05, 4.69) is 9.97 Å². The Balaban J connectivity index is 1.71. The number of carbonyl (C=O) groups excluding carboxylic acids is 1. The van der Waals surface area contributed by atoms with E-state index in [1.54, 1.807) is 43.3 Å². The van der Waals surface area contributed by atoms with Gasteiger partial charge in [0, 0.05) is 18.0 Å². The van der Waals surface area contributed by atoms with Crippen molar-refractivity contribution >= 4 is 42.4 Å². The van der Waals surface area contributed by atoms with E-state index >= 15 is 0 Å². The van der Waals surface area contributed by atoms with Crippen LogP contribution in [0.5, 0.6) is 0 Å². The van der Waals surface area contributed by atoms with E-state index in [0.29, 0.717) is 17.2 Å². The molecule has 2 aromatic heterocycles. The van der Waals surface area contributed by atoms with Crippen molar-refractivity contribution in [1.82, 2.24) is 9.97 Å². The molecular weight excluding hydrogens is 430 g/mol. The van der Waals surface area contributed by atoms with Gasteiger partial charge in [-0.2, -0.15) is 0 Å². The number of fused-ring (bicyclic) bond motifs is 1. The van der Waals surface area contributed by atoms with E-state index in [1.807, 2.05) is 36.4 Å². The predicted octanol–water partition coefficient (Wildman–Crippen LogP) is 4.72. The van der Waals surface area contributed by atoms with E-state index in [9.17, 15) is 13.2 Å². The molecule has 4 aromatic rings. The molecule has 158 valence electrons. The number of nitrogens with zero attached hydrogens (tertiary/aromatic N) is 3. The van der Waals surface area contributed by atoms with E-state index in [1.165, 1.54) is 23.5 Å². The van der Waals surface area contributed by atoms with Gasteiger partial charge in [0.2, 0.25) is 0 Å². The Morgan fingerprint density at radius 3 is 2.32 bits per heavy atom. The second kappa shape index (κ2) is 8.56. The molecule has 0 bridgehead atoms. The molecule has 1 amide bonds. The fourth-order valence-electron chi connectivity index (χ4n) is 3.09. The second-order valence-electron chi connectivity index (χ2n) is 7.33. The molecular formula is C23H21N3O3S2. The van der Waals surface area contributed by atoms with Gasteiger partial charge in [-0.1, -0.05) is 23.5 Å². The van der Waals surface area contributed by atoms with Crippen molar-refractivity contribution in [3.8, 4) is 0 Å². The van der Waals surface area contributed by atoms with Crippen LogP contribution in [0.15, 0.2) is 78.0 Å². The highest BCUT2D eigenvalue weighted by Gasteiger charge is 2.24. The van der Waals surface area contributed by atoms with E-state index in [4.69, 9.17) is 0 Å². The number of para-hydroxylation sites is 1. The molecule has 2 heterocycles. The number of pyridine rings is 1. The van der Waals surface area contributed by atoms with Crippen molar-refractivity contribution in [3.05, 3.63) is 84.2 Å². The lowest BCUT2D eigenvalue weighted by atomic mass is 10.2. The molecule has 0 aliphatic carbocycles. The van der Waals surface area contributed by atoms with Crippen LogP contribution < -0.4 is 4.90 Å². The molecule has 0 radical (unpaired) electrons. The predicted molar refractivity (Wildman–Crippen MR) is 123 cm³/mol. The highest BCUT2D eigenvalue weighted by molar-refractivity contribution is 7.92. The Kier molecular flexibility index (Phi) is 5.84. The molecule has 0 saturated heterocycles. The molecule has 4 rings (SSSR count). The summed E-state index contributed by atoms with van der Waals surface area (Å²) < 4.78 is 25.8. The molecule has 6 nitrogen and oxygen atoms in total. The Labute approximate surface area is 185 Å². The molecule has 0 atom stereocenters. The third-order valence-electron chi connectivity index (χ3n) is 4.90. The Morgan fingerprint density at radius 2 is 1.68 bits per heavy atom. The van der Waals surface area contributed by atoms with Gasteiger partial charge in [0.15, 0.2) is 15.0 Å². The molecule has 31 heavy (non-hydrogen) atoms. The standard InChI is InChI=1S/C23H21N3O3S2/c1-16(2)31(28,29)19-9-7-18(8-10-19)22(27)26(15-17-11-13-24-14-12-17)23-25-20-5-3-4-6-21(20)30-23/h3-14,16H,15H2,1-2H3. The average Bonchev–Trinajstić information content (AvgIpc) is 3.21. The van der Waals surface area contributed by atoms with Gasteiger partial charge < -0.3 is 0 Å². The normalized spacial score (nSPS) is 11.7. The van der Waals surface area contributed by atoms with Gasteiger partial charge in [0.1, 0.15) is 0 Å². The van der Waals surface area contributed by atoms with Crippen LogP contribution in [0.1, 0.15) is 29.8 Å². The number of carbonyl (C=O) groups is 1. The molecule has 0 fully saturated rings. The largest absolute Gasteiger partial charge is 0.279 e. The molecule has 8 heteroatoms. The molecule has 0 saturated carbocycles. The number of amides is 1. The van der Waals surface area contributed by atoms with Crippen LogP contribution in [0.2, 0.25) is 0 Å². The maximum atomic E-state index is 13.4. The summed E-state index contributed by atoms with van der Waals surface area (Å²) in [6.07, 6.45) is 3.36. The average molecular weight is 452 g/mol. The molecule has 0 aliphatic heterocycles. The third-order valence-corrected chi connectivity index (χ3v) is 8.13. The SMILES string of the molecule is CC(C)S(=O)(=O)c1ccc(C(=O)N(Cc2ccncc2)c2nc3ccccc3s2)cc1. The van der Waals surface area contributed by atoms with Crippen LogP contribution in [-0.4, -0.2) is 29.5 Å². The Bertz CT molecular complexity index is 1280. The van der Waals surface area contributed by atoms with E-state index in [-0.39, 0.29) is 10.8 Å². The number of aromatic nitrogens is 2. The number of benzene rings is 2. The van der Waals surface area contributed by atoms with Gasteiger partial charge in [0.25, 0.3) is 5.91 Å². The number of anilines is 1. The summed E-state index contributed by atoms with van der Waals surface area (Å²) in [5.74, 6) is -0.246. The number of thiazole rings is 1. The van der Waals surface area contributed by atoms with Crippen molar-refractivity contribution in [2.24, 2.45) is 0 Å². The first-order valence-corrected chi connectivity index (χ1v) is 12.1. The zero-order chi connectivity index (χ0) is 22.0. The first-order chi connectivity index (χ1) is 14.9. The minimum absolute atomic E-state index is 0.208. The van der Waals surface area contributed by atoms with Gasteiger partial charge in [0.05, 0.1) is 26.9 Å². The number of rotatable bonds is 6. The summed E-state index contributed by atoms with van der Waals surface area (Å²) in [6, 6.07) is 17.5. The highest BCUT2D eigenvalue weighted by atomic mass is 32.2. The van der Waals surface area contributed by atoms with Gasteiger partial charge in [-0.3, -0.25) is 14.7 Å². The van der Waals surface area contributed by atoms with Crippen LogP contribution in [-0.2, 0) is 16.4 Å². The lowest BCUT2D eigenvalue weighted by Crippen LogP contribution is -2.30. The summed E-state index contributed by atoms with van der Waals surface area (Å²) in [6.45, 7) is 3.60. The maximum Gasteiger partial charge on any atom is 0.260 e. The summed E-state index contributed by atoms with van der Waals surface area (Å²) >= 11 is 1.44. The quantitative estimate of drug-likeness (QED) is 0.424. The van der Waals surface area contributed by atoms with E-state index < -0.39 is 15.1 Å². The number of sulfone groups is 1. The summed E-state index contributed by atoms with van der Waals surface area (Å²) in [5, 5.41) is 0.0573. The minimum Gasteiger partial charge on any atom is -0.279 e. The van der Waals surface area contributed by atoms with Gasteiger partial charge in [-0.25, -0.2) is 13.4 Å². The van der Waals surface area contributed by atoms with Gasteiger partial charge in [-0.15, -0.1) is 0 Å². The lowest BCUT2D eigenvalue weighted by molar-refractivity contribution is 0.0985. The molecule has 2 aromatic carbocycles. The highest BCUT2D eigenvalue weighted by Crippen LogP contribution is 2.31. The summed E-state index contributed by atoms with van der Waals surface area (Å²) in [5.41, 5.74) is 2.14. The fourth-order valence-corrected chi connectivity index (χ4v) is 5.11. The topological polar surface area (TPSA) is 80.2 Å². The van der Waals surface area contributed by atoms with Crippen molar-refractivity contribution in [3.63, 3.8) is 0 Å². The van der Waals surface area contributed by atoms with Crippen LogP contribution in [0.25, 0.3) is 10.2 Å². The summed E-state index contributed by atoms with van der Waals surface area (Å²) in [7, 11) is -3.40. The number of hydrogen-bond acceptors (Lipinski definition) is 6. The zero-order valence-corrected chi connectivity index (χ0v) is 18.7. The Morgan fingerprint density at radius 1 is 1.00 bits per heavy atom. The number of hydrogen-bond donors (Lipinski definition) is 0. The van der Waals surface area contributed by atoms with Crippen molar-refractivity contribution in [1.29, 1.82) is 0 Å². The van der Waals surface area contributed by atoms with Crippen LogP contribution in [0, 0.1) is 0 Å². The lowest BCUT2D eigenvalue weighted by Gasteiger charge is -2.20. The van der Waals surface area contributed by atoms with Crippen LogP contribution >= 0.6 is 11.3 Å². The van der Waals surface area contributed by atoms with E-state index in [0.717, 1.165) is 15.8 Å². The van der Waals surface area contributed by atoms with Crippen LogP contribution in [0.4, 0.5) is 5.13 Å². The van der Waals surface area contributed by atoms with Crippen LogP contribution in [0.3, 0.4) is 0 Å². The molecule has 0 aliphatic rings. The molecule has 0 unspecified atom stereocenters. The van der Waals surface area contributed by atoms with Gasteiger partial charge >= 0.3 is 0 Å². The summed E-state index contributed by atoms with van der Waals surface area (Å²) in [4.78, 5) is 24.0. The van der Waals surface area contributed by atoms with Crippen molar-refractivity contribution in [2.75, 3.05) is 4.90 Å². The zero-order valence-electron chi connectivity index (χ0n) is 17.1. The van der Waals surface area contributed by atoms with Crippen molar-refractivity contribution < 1.29 is 13.2 Å². The Hall–Kier alpha value is -3.10. The first kappa shape index (κ1) is 21.1. The second-order valence-corrected chi connectivity index (χ2v) is 10.8. The van der Waals surface area contributed by atoms with Gasteiger partial charge in [-0.05, 0) is 67.9 Å². The monoisotopic (exact) mass is 451 g/mol. The smallest absolute Gasteiger partial charge is 0.260 e. The molecule has 0 spiro atoms. The molecule has 0 N–H and O–H groups in total. The van der Waals surface area contributed by atoms with Crippen molar-refractivity contribution in [2.45, 2.75) is 30.5 Å². The third kappa shape index (κ3) is 4.35. The maximum absolute atomic E-state index is 13.4. The fraction of sp³-hybridized carbons (Fsp3) is 0.174.